The van der Waals surface area contributed by atoms with Crippen molar-refractivity contribution in [3.8, 4) is 33.4 Å². The molecule has 0 bridgehead atoms. The predicted molar refractivity (Wildman–Crippen MR) is 182 cm³/mol. The highest BCUT2D eigenvalue weighted by Crippen LogP contribution is 2.56. The zero-order valence-corrected chi connectivity index (χ0v) is 25.2. The molecule has 0 fully saturated rings. The quantitative estimate of drug-likeness (QED) is 0.210. The first-order chi connectivity index (χ1) is 20.9. The molecule has 0 spiro atoms. The molecule has 0 N–H and O–H groups in total. The highest BCUT2D eigenvalue weighted by molar-refractivity contribution is 5.95. The summed E-state index contributed by atoms with van der Waals surface area (Å²) in [5.74, 6) is 0. The maximum atomic E-state index is 2.52. The van der Waals surface area contributed by atoms with Gasteiger partial charge in [0.15, 0.2) is 0 Å². The minimum absolute atomic E-state index is 0.0329. The fourth-order valence-electron chi connectivity index (χ4n) is 7.79. The van der Waals surface area contributed by atoms with Crippen LogP contribution in [0.1, 0.15) is 49.9 Å². The number of nitrogens with zero attached hydrogens (tertiary/aromatic N) is 1. The van der Waals surface area contributed by atoms with Crippen molar-refractivity contribution in [2.45, 2.75) is 38.5 Å². The van der Waals surface area contributed by atoms with E-state index in [1.165, 1.54) is 72.7 Å². The Kier molecular flexibility index (Phi) is 5.59. The summed E-state index contributed by atoms with van der Waals surface area (Å²) in [5, 5.41) is 0. The molecule has 0 saturated carbocycles. The summed E-state index contributed by atoms with van der Waals surface area (Å²) in [4.78, 5) is 2.52. The third-order valence-electron chi connectivity index (χ3n) is 9.85. The van der Waals surface area contributed by atoms with Crippen LogP contribution in [0.5, 0.6) is 0 Å². The Morgan fingerprint density at radius 3 is 1.67 bits per heavy atom. The third-order valence-corrected chi connectivity index (χ3v) is 9.85. The Hall–Kier alpha value is -4.88. The van der Waals surface area contributed by atoms with E-state index in [0.717, 1.165) is 0 Å². The van der Waals surface area contributed by atoms with Gasteiger partial charge in [0.2, 0.25) is 0 Å². The molecule has 2 aliphatic carbocycles. The summed E-state index contributed by atoms with van der Waals surface area (Å²) in [5.41, 5.74) is 16.7. The van der Waals surface area contributed by atoms with Crippen molar-refractivity contribution in [1.29, 1.82) is 0 Å². The molecule has 0 heterocycles. The van der Waals surface area contributed by atoms with E-state index < -0.39 is 0 Å². The molecule has 2 aliphatic rings. The maximum Gasteiger partial charge on any atom is 0.0540 e. The van der Waals surface area contributed by atoms with Crippen LogP contribution in [0, 0.1) is 0 Å². The Balaban J connectivity index is 1.43. The Labute approximate surface area is 255 Å². The lowest BCUT2D eigenvalue weighted by molar-refractivity contribution is 0.660. The second-order valence-corrected chi connectivity index (χ2v) is 13.0. The molecule has 6 aromatic rings. The van der Waals surface area contributed by atoms with Gasteiger partial charge in [0, 0.05) is 22.1 Å². The van der Waals surface area contributed by atoms with Crippen molar-refractivity contribution in [3.05, 3.63) is 162 Å². The van der Waals surface area contributed by atoms with E-state index in [4.69, 9.17) is 0 Å². The normalized spacial score (nSPS) is 14.9. The van der Waals surface area contributed by atoms with Crippen LogP contribution < -0.4 is 4.90 Å². The summed E-state index contributed by atoms with van der Waals surface area (Å²) in [6, 6.07) is 51.5. The average molecular weight is 554 g/mol. The Bertz CT molecular complexity index is 2030. The zero-order chi connectivity index (χ0) is 29.3. The molecule has 0 atom stereocenters. The summed E-state index contributed by atoms with van der Waals surface area (Å²) in [6.07, 6.45) is 0. The van der Waals surface area contributed by atoms with Crippen LogP contribution in [0.3, 0.4) is 0 Å². The summed E-state index contributed by atoms with van der Waals surface area (Å²) >= 11 is 0. The van der Waals surface area contributed by atoms with E-state index in [0.29, 0.717) is 0 Å². The Morgan fingerprint density at radius 2 is 0.930 bits per heavy atom. The summed E-state index contributed by atoms with van der Waals surface area (Å²) in [6.45, 7) is 9.46. The second-order valence-electron chi connectivity index (χ2n) is 13.0. The molecule has 6 aromatic carbocycles. The first-order valence-corrected chi connectivity index (χ1v) is 15.3. The average Bonchev–Trinajstić information content (AvgIpc) is 3.42. The number of hydrogen-bond acceptors (Lipinski definition) is 1. The number of rotatable bonds is 4. The van der Waals surface area contributed by atoms with Gasteiger partial charge in [-0.25, -0.2) is 0 Å². The van der Waals surface area contributed by atoms with Gasteiger partial charge in [-0.2, -0.15) is 0 Å². The molecule has 1 nitrogen and oxygen atoms in total. The van der Waals surface area contributed by atoms with Crippen LogP contribution in [0.25, 0.3) is 33.4 Å². The Morgan fingerprint density at radius 1 is 0.395 bits per heavy atom. The van der Waals surface area contributed by atoms with Crippen LogP contribution in [0.2, 0.25) is 0 Å². The molecule has 1 heteroatoms. The monoisotopic (exact) mass is 553 g/mol. The number of fused-ring (bicyclic) bond motifs is 6. The van der Waals surface area contributed by atoms with Crippen molar-refractivity contribution in [2.75, 3.05) is 4.90 Å². The number of anilines is 3. The van der Waals surface area contributed by atoms with Crippen molar-refractivity contribution in [2.24, 2.45) is 0 Å². The van der Waals surface area contributed by atoms with E-state index in [1.54, 1.807) is 0 Å². The van der Waals surface area contributed by atoms with Crippen molar-refractivity contribution in [1.82, 2.24) is 0 Å². The molecular formula is C42H35N. The topological polar surface area (TPSA) is 3.24 Å². The van der Waals surface area contributed by atoms with Crippen LogP contribution in [0.4, 0.5) is 17.1 Å². The van der Waals surface area contributed by atoms with Crippen LogP contribution in [0.15, 0.2) is 140 Å². The van der Waals surface area contributed by atoms with Crippen LogP contribution in [-0.2, 0) is 10.8 Å². The molecule has 8 rings (SSSR count). The number of hydrogen-bond donors (Lipinski definition) is 0. The number of benzene rings is 6. The van der Waals surface area contributed by atoms with Crippen molar-refractivity contribution >= 4 is 17.1 Å². The maximum absolute atomic E-state index is 2.52. The smallest absolute Gasteiger partial charge is 0.0540 e. The fraction of sp³-hybridized carbons (Fsp3) is 0.143. The van der Waals surface area contributed by atoms with Crippen LogP contribution >= 0.6 is 0 Å². The predicted octanol–water partition coefficient (Wildman–Crippen LogP) is 11.4. The molecule has 0 aliphatic heterocycles. The highest BCUT2D eigenvalue weighted by Gasteiger charge is 2.40. The van der Waals surface area contributed by atoms with E-state index in [9.17, 15) is 0 Å². The highest BCUT2D eigenvalue weighted by atomic mass is 15.1. The number of para-hydroxylation sites is 1. The minimum atomic E-state index is -0.145. The van der Waals surface area contributed by atoms with Gasteiger partial charge in [-0.05, 0) is 74.3 Å². The first kappa shape index (κ1) is 25.8. The third kappa shape index (κ3) is 3.71. The lowest BCUT2D eigenvalue weighted by atomic mass is 9.81. The zero-order valence-electron chi connectivity index (χ0n) is 25.2. The molecule has 0 saturated heterocycles. The van der Waals surface area contributed by atoms with Gasteiger partial charge in [0.1, 0.15) is 0 Å². The largest absolute Gasteiger partial charge is 0.310 e. The van der Waals surface area contributed by atoms with E-state index in [2.05, 4.69) is 172 Å². The van der Waals surface area contributed by atoms with Gasteiger partial charge in [0.25, 0.3) is 0 Å². The van der Waals surface area contributed by atoms with E-state index in [-0.39, 0.29) is 10.8 Å². The second kappa shape index (κ2) is 9.31. The van der Waals surface area contributed by atoms with Gasteiger partial charge >= 0.3 is 0 Å². The summed E-state index contributed by atoms with van der Waals surface area (Å²) in [7, 11) is 0. The standard InChI is InChI=1S/C42H35N/c1-41(2)35-21-11-9-19-32(35)34-27-29(25-26-37(34)41)43(38-23-13-10-17-30(38)28-15-6-5-7-16-28)39-24-14-20-33-31-18-8-12-22-36(31)42(3,4)40(33)39/h5-27H,1-4H3. The van der Waals surface area contributed by atoms with Gasteiger partial charge in [-0.15, -0.1) is 0 Å². The molecular weight excluding hydrogens is 518 g/mol. The summed E-state index contributed by atoms with van der Waals surface area (Å²) < 4.78 is 0. The molecule has 0 radical (unpaired) electrons. The van der Waals surface area contributed by atoms with Gasteiger partial charge in [0.05, 0.1) is 11.4 Å². The minimum Gasteiger partial charge on any atom is -0.310 e. The van der Waals surface area contributed by atoms with Crippen LogP contribution in [-0.4, -0.2) is 0 Å². The van der Waals surface area contributed by atoms with E-state index >= 15 is 0 Å². The van der Waals surface area contributed by atoms with Gasteiger partial charge in [-0.3, -0.25) is 0 Å². The molecule has 43 heavy (non-hydrogen) atoms. The molecule has 208 valence electrons. The van der Waals surface area contributed by atoms with Crippen molar-refractivity contribution < 1.29 is 0 Å². The molecule has 0 unspecified atom stereocenters. The SMILES string of the molecule is CC1(C)c2ccccc2-c2cc(N(c3ccccc3-c3ccccc3)c3cccc4c3C(C)(C)c3ccccc3-4)ccc21. The van der Waals surface area contributed by atoms with E-state index in [1.807, 2.05) is 0 Å². The van der Waals surface area contributed by atoms with Gasteiger partial charge in [-0.1, -0.05) is 143 Å². The molecule has 0 amide bonds. The van der Waals surface area contributed by atoms with Gasteiger partial charge < -0.3 is 4.90 Å². The van der Waals surface area contributed by atoms with Crippen molar-refractivity contribution in [3.63, 3.8) is 0 Å². The lowest BCUT2D eigenvalue weighted by Gasteiger charge is -2.33. The lowest BCUT2D eigenvalue weighted by Crippen LogP contribution is -2.21. The first-order valence-electron chi connectivity index (χ1n) is 15.3. The fourth-order valence-corrected chi connectivity index (χ4v) is 7.79. The molecule has 0 aromatic heterocycles.